The molecule has 31 heavy (non-hydrogen) atoms. The maximum atomic E-state index is 13.8. The lowest BCUT2D eigenvalue weighted by molar-refractivity contribution is 0.0615. The average molecular weight is 437 g/mol. The Labute approximate surface area is 176 Å². The Morgan fingerprint density at radius 1 is 1.19 bits per heavy atom. The number of fused-ring (bicyclic) bond motifs is 1. The summed E-state index contributed by atoms with van der Waals surface area (Å²) in [7, 11) is 0. The van der Waals surface area contributed by atoms with Crippen molar-refractivity contribution in [2.75, 3.05) is 6.54 Å². The van der Waals surface area contributed by atoms with E-state index in [9.17, 15) is 32.7 Å². The molecule has 10 heteroatoms. The molecule has 1 atom stereocenters. The number of amides is 2. The molecule has 2 N–H and O–H groups in total. The zero-order valence-corrected chi connectivity index (χ0v) is 17.0. The number of aromatic nitrogens is 1. The first-order chi connectivity index (χ1) is 14.6. The Morgan fingerprint density at radius 3 is 2.45 bits per heavy atom. The monoisotopic (exact) mass is 437 g/mol. The number of rotatable bonds is 6. The third kappa shape index (κ3) is 4.28. The lowest BCUT2D eigenvalue weighted by Crippen LogP contribution is -2.46. The van der Waals surface area contributed by atoms with E-state index in [0.29, 0.717) is 18.7 Å². The van der Waals surface area contributed by atoms with Crippen LogP contribution in [0.2, 0.25) is 0 Å². The molecule has 0 aliphatic carbocycles. The van der Waals surface area contributed by atoms with Crippen molar-refractivity contribution in [2.45, 2.75) is 45.8 Å². The SMILES string of the molecule is CCC[C@H](C)N1CCn2cc(C(=O)NCc3c(F)cc(F)cc3F)c(=O)c(O)c2C1=O. The molecule has 0 spiro atoms. The van der Waals surface area contributed by atoms with Gasteiger partial charge in [0.1, 0.15) is 23.0 Å². The Hall–Kier alpha value is -3.30. The molecule has 7 nitrogen and oxygen atoms in total. The first-order valence-electron chi connectivity index (χ1n) is 9.84. The van der Waals surface area contributed by atoms with Gasteiger partial charge in [-0.15, -0.1) is 0 Å². The second-order valence-electron chi connectivity index (χ2n) is 7.43. The van der Waals surface area contributed by atoms with Crippen LogP contribution in [0.5, 0.6) is 5.75 Å². The van der Waals surface area contributed by atoms with E-state index in [1.807, 2.05) is 13.8 Å². The van der Waals surface area contributed by atoms with E-state index in [1.165, 1.54) is 4.57 Å². The highest BCUT2D eigenvalue weighted by molar-refractivity contribution is 5.99. The number of carbonyl (C=O) groups excluding carboxylic acids is 2. The number of hydrogen-bond acceptors (Lipinski definition) is 4. The van der Waals surface area contributed by atoms with Crippen molar-refractivity contribution >= 4 is 11.8 Å². The van der Waals surface area contributed by atoms with Crippen LogP contribution in [-0.2, 0) is 13.1 Å². The maximum absolute atomic E-state index is 13.8. The van der Waals surface area contributed by atoms with Crippen LogP contribution in [0.25, 0.3) is 0 Å². The van der Waals surface area contributed by atoms with Crippen LogP contribution in [0.4, 0.5) is 13.2 Å². The third-order valence-corrected chi connectivity index (χ3v) is 5.32. The van der Waals surface area contributed by atoms with Crippen LogP contribution >= 0.6 is 0 Å². The molecule has 2 amide bonds. The quantitative estimate of drug-likeness (QED) is 0.727. The third-order valence-electron chi connectivity index (χ3n) is 5.32. The number of nitrogens with zero attached hydrogens (tertiary/aromatic N) is 2. The molecule has 0 saturated carbocycles. The van der Waals surface area contributed by atoms with Crippen molar-refractivity contribution in [1.29, 1.82) is 0 Å². The molecule has 2 heterocycles. The van der Waals surface area contributed by atoms with E-state index in [0.717, 1.165) is 19.0 Å². The highest BCUT2D eigenvalue weighted by Crippen LogP contribution is 2.23. The van der Waals surface area contributed by atoms with Gasteiger partial charge in [0.25, 0.3) is 11.8 Å². The van der Waals surface area contributed by atoms with Crippen LogP contribution in [-0.4, -0.2) is 39.0 Å². The van der Waals surface area contributed by atoms with Gasteiger partial charge in [0.05, 0.1) is 0 Å². The predicted molar refractivity (Wildman–Crippen MR) is 105 cm³/mol. The van der Waals surface area contributed by atoms with Crippen LogP contribution in [0.3, 0.4) is 0 Å². The minimum absolute atomic E-state index is 0.0794. The number of hydrogen-bond donors (Lipinski definition) is 2. The highest BCUT2D eigenvalue weighted by atomic mass is 19.1. The van der Waals surface area contributed by atoms with Crippen molar-refractivity contribution in [3.63, 3.8) is 0 Å². The summed E-state index contributed by atoms with van der Waals surface area (Å²) >= 11 is 0. The first-order valence-corrected chi connectivity index (χ1v) is 9.84. The van der Waals surface area contributed by atoms with Crippen molar-refractivity contribution < 1.29 is 27.9 Å². The van der Waals surface area contributed by atoms with E-state index >= 15 is 0 Å². The average Bonchev–Trinajstić information content (AvgIpc) is 2.69. The van der Waals surface area contributed by atoms with Crippen LogP contribution < -0.4 is 10.7 Å². The van der Waals surface area contributed by atoms with Gasteiger partial charge in [-0.2, -0.15) is 0 Å². The van der Waals surface area contributed by atoms with Gasteiger partial charge in [0.2, 0.25) is 5.43 Å². The summed E-state index contributed by atoms with van der Waals surface area (Å²) in [6.45, 7) is 3.81. The smallest absolute Gasteiger partial charge is 0.274 e. The number of halogens is 3. The van der Waals surface area contributed by atoms with Gasteiger partial charge in [-0.05, 0) is 13.3 Å². The summed E-state index contributed by atoms with van der Waals surface area (Å²) < 4.78 is 41.8. The van der Waals surface area contributed by atoms with Crippen molar-refractivity contribution in [3.05, 3.63) is 62.8 Å². The molecule has 0 bridgehead atoms. The fourth-order valence-electron chi connectivity index (χ4n) is 3.66. The number of nitrogens with one attached hydrogen (secondary N) is 1. The molecule has 0 fully saturated rings. The normalized spacial score (nSPS) is 14.4. The molecule has 1 aromatic heterocycles. The molecule has 1 aromatic carbocycles. The Balaban J connectivity index is 1.86. The van der Waals surface area contributed by atoms with Gasteiger partial charge < -0.3 is 19.9 Å². The van der Waals surface area contributed by atoms with E-state index in [4.69, 9.17) is 0 Å². The number of pyridine rings is 1. The summed E-state index contributed by atoms with van der Waals surface area (Å²) in [6.07, 6.45) is 2.76. The Kier molecular flexibility index (Phi) is 6.37. The summed E-state index contributed by atoms with van der Waals surface area (Å²) in [5, 5.41) is 12.5. The zero-order valence-electron chi connectivity index (χ0n) is 17.0. The van der Waals surface area contributed by atoms with Crippen LogP contribution in [0, 0.1) is 17.5 Å². The van der Waals surface area contributed by atoms with Gasteiger partial charge in [-0.1, -0.05) is 13.3 Å². The topological polar surface area (TPSA) is 91.6 Å². The van der Waals surface area contributed by atoms with Crippen LogP contribution in [0.15, 0.2) is 23.1 Å². The van der Waals surface area contributed by atoms with Gasteiger partial charge in [0, 0.05) is 49.6 Å². The van der Waals surface area contributed by atoms with Gasteiger partial charge in [-0.25, -0.2) is 13.2 Å². The fraction of sp³-hybridized carbons (Fsp3) is 0.381. The second-order valence-corrected chi connectivity index (χ2v) is 7.43. The van der Waals surface area contributed by atoms with E-state index in [1.54, 1.807) is 4.90 Å². The Morgan fingerprint density at radius 2 is 1.84 bits per heavy atom. The van der Waals surface area contributed by atoms with Gasteiger partial charge in [-0.3, -0.25) is 14.4 Å². The largest absolute Gasteiger partial charge is 0.503 e. The maximum Gasteiger partial charge on any atom is 0.274 e. The molecule has 3 rings (SSSR count). The van der Waals surface area contributed by atoms with Gasteiger partial charge >= 0.3 is 0 Å². The molecular weight excluding hydrogens is 415 g/mol. The van der Waals surface area contributed by atoms with Gasteiger partial charge in [0.15, 0.2) is 11.4 Å². The minimum Gasteiger partial charge on any atom is -0.503 e. The summed E-state index contributed by atoms with van der Waals surface area (Å²) in [5.74, 6) is -5.83. The zero-order chi connectivity index (χ0) is 22.9. The first kappa shape index (κ1) is 22.4. The predicted octanol–water partition coefficient (Wildman–Crippen LogP) is 2.55. The molecular formula is C21H22F3N3O4. The molecule has 1 aliphatic rings. The molecule has 2 aromatic rings. The second kappa shape index (κ2) is 8.83. The molecule has 1 aliphatic heterocycles. The minimum atomic E-state index is -1.19. The number of aromatic hydroxyl groups is 1. The Bertz CT molecular complexity index is 1080. The summed E-state index contributed by atoms with van der Waals surface area (Å²) in [4.78, 5) is 39.3. The number of carbonyl (C=O) groups is 2. The van der Waals surface area contributed by atoms with Crippen LogP contribution in [0.1, 0.15) is 53.1 Å². The lowest BCUT2D eigenvalue weighted by Gasteiger charge is -2.34. The van der Waals surface area contributed by atoms with Crippen molar-refractivity contribution in [1.82, 2.24) is 14.8 Å². The molecule has 0 saturated heterocycles. The van der Waals surface area contributed by atoms with E-state index in [2.05, 4.69) is 5.32 Å². The van der Waals surface area contributed by atoms with Crippen molar-refractivity contribution in [2.24, 2.45) is 0 Å². The molecule has 0 unspecified atom stereocenters. The fourth-order valence-corrected chi connectivity index (χ4v) is 3.66. The van der Waals surface area contributed by atoms with E-state index < -0.39 is 58.1 Å². The van der Waals surface area contributed by atoms with E-state index in [-0.39, 0.29) is 18.3 Å². The number of benzene rings is 1. The van der Waals surface area contributed by atoms with Crippen molar-refractivity contribution in [3.8, 4) is 5.75 Å². The highest BCUT2D eigenvalue weighted by Gasteiger charge is 2.32. The summed E-state index contributed by atoms with van der Waals surface area (Å²) in [5.41, 5.74) is -2.33. The molecule has 166 valence electrons. The lowest BCUT2D eigenvalue weighted by atomic mass is 10.1. The summed E-state index contributed by atoms with van der Waals surface area (Å²) in [6, 6.07) is 0.867. The standard InChI is InChI=1S/C21H22F3N3O4/c1-3-4-11(2)27-6-5-26-10-14(18(28)19(29)17(26)21(27)31)20(30)25-9-13-15(23)7-12(22)8-16(13)24/h7-8,10-11,29H,3-6,9H2,1-2H3,(H,25,30)/t11-/m0/s1. The molecule has 0 radical (unpaired) electrons.